The van der Waals surface area contributed by atoms with E-state index in [4.69, 9.17) is 11.6 Å². The lowest BCUT2D eigenvalue weighted by Crippen LogP contribution is -2.52. The molecule has 1 fully saturated rings. The maximum absolute atomic E-state index is 14.1. The zero-order valence-corrected chi connectivity index (χ0v) is 24.9. The van der Waals surface area contributed by atoms with Crippen molar-refractivity contribution in [1.82, 2.24) is 10.2 Å². The average Bonchev–Trinajstić information content (AvgIpc) is 3.63. The molecule has 0 bridgehead atoms. The number of carbonyl (C=O) groups excluding carboxylic acids is 3. The molecule has 0 spiro atoms. The van der Waals surface area contributed by atoms with Crippen molar-refractivity contribution in [2.24, 2.45) is 0 Å². The highest BCUT2D eigenvalue weighted by Gasteiger charge is 2.33. The highest BCUT2D eigenvalue weighted by atomic mass is 35.5. The van der Waals surface area contributed by atoms with Crippen LogP contribution < -0.4 is 10.2 Å². The number of rotatable bonds is 11. The summed E-state index contributed by atoms with van der Waals surface area (Å²) in [5.41, 5.74) is 3.36. The highest BCUT2D eigenvalue weighted by molar-refractivity contribution is 6.31. The van der Waals surface area contributed by atoms with E-state index in [-0.39, 0.29) is 36.7 Å². The van der Waals surface area contributed by atoms with Crippen LogP contribution in [0.5, 0.6) is 0 Å². The Morgan fingerprint density at radius 1 is 0.907 bits per heavy atom. The second kappa shape index (κ2) is 13.0. The number of carbonyl (C=O) groups is 3. The van der Waals surface area contributed by atoms with Crippen LogP contribution in [-0.2, 0) is 22.6 Å². The Morgan fingerprint density at radius 2 is 1.63 bits per heavy atom. The van der Waals surface area contributed by atoms with E-state index in [9.17, 15) is 14.4 Å². The first-order valence-electron chi connectivity index (χ1n) is 15.2. The van der Waals surface area contributed by atoms with E-state index in [0.29, 0.717) is 30.0 Å². The normalized spacial score (nSPS) is 15.2. The lowest BCUT2D eigenvalue weighted by atomic mass is 10.0. The van der Waals surface area contributed by atoms with Crippen LogP contribution in [0.3, 0.4) is 0 Å². The summed E-state index contributed by atoms with van der Waals surface area (Å²) in [7, 11) is 0. The van der Waals surface area contributed by atoms with E-state index < -0.39 is 6.04 Å². The van der Waals surface area contributed by atoms with Crippen molar-refractivity contribution in [3.05, 3.63) is 113 Å². The molecule has 220 valence electrons. The van der Waals surface area contributed by atoms with Crippen LogP contribution in [0.4, 0.5) is 5.69 Å². The number of halogens is 1. The molecular formula is C36H36ClN3O3. The zero-order valence-electron chi connectivity index (χ0n) is 24.2. The van der Waals surface area contributed by atoms with Gasteiger partial charge in [-0.1, -0.05) is 97.2 Å². The summed E-state index contributed by atoms with van der Waals surface area (Å²) in [6, 6.07) is 28.4. The van der Waals surface area contributed by atoms with E-state index in [1.54, 1.807) is 9.80 Å². The van der Waals surface area contributed by atoms with Crippen molar-refractivity contribution in [3.8, 4) is 0 Å². The summed E-state index contributed by atoms with van der Waals surface area (Å²) in [6.45, 7) is 0.636. The Bertz CT molecular complexity index is 1630. The molecular weight excluding hydrogens is 558 g/mol. The van der Waals surface area contributed by atoms with Crippen molar-refractivity contribution in [1.29, 1.82) is 0 Å². The van der Waals surface area contributed by atoms with Gasteiger partial charge < -0.3 is 15.1 Å². The first-order valence-corrected chi connectivity index (χ1v) is 15.6. The van der Waals surface area contributed by atoms with Crippen molar-refractivity contribution in [3.63, 3.8) is 0 Å². The topological polar surface area (TPSA) is 69.7 Å². The number of benzene rings is 4. The van der Waals surface area contributed by atoms with Gasteiger partial charge in [0, 0.05) is 47.9 Å². The number of amides is 3. The largest absolute Gasteiger partial charge is 0.352 e. The second-order valence-electron chi connectivity index (χ2n) is 11.5. The quantitative estimate of drug-likeness (QED) is 0.205. The summed E-state index contributed by atoms with van der Waals surface area (Å²) >= 11 is 6.56. The molecule has 4 aromatic rings. The first kappa shape index (κ1) is 28.9. The maximum atomic E-state index is 14.1. The third kappa shape index (κ3) is 6.30. The molecule has 1 saturated carbocycles. The summed E-state index contributed by atoms with van der Waals surface area (Å²) in [4.78, 5) is 44.8. The second-order valence-corrected chi connectivity index (χ2v) is 12.0. The molecule has 4 aromatic carbocycles. The molecule has 0 saturated heterocycles. The zero-order chi connectivity index (χ0) is 29.8. The molecule has 6 rings (SSSR count). The number of nitrogens with one attached hydrogen (secondary N) is 1. The van der Waals surface area contributed by atoms with Crippen molar-refractivity contribution in [2.75, 3.05) is 11.4 Å². The van der Waals surface area contributed by atoms with Gasteiger partial charge in [-0.25, -0.2) is 0 Å². The standard InChI is InChI=1S/C36H36ClN3O3/c37-30-19-7-4-13-27(30)24-40(32(23-25-11-2-1-3-12-25)35(42)38-28-16-5-6-17-28)33(41)21-10-22-39-31-20-9-15-26-14-8-18-29(34(26)31)36(39)43/h1-4,7-9,11-15,18-20,28,32H,5-6,10,16-17,21-24H2,(H,38,42)/t32-/m1/s1. The van der Waals surface area contributed by atoms with Crippen LogP contribution in [0, 0.1) is 0 Å². The Hall–Kier alpha value is -4.16. The van der Waals surface area contributed by atoms with Gasteiger partial charge in [-0.2, -0.15) is 0 Å². The van der Waals surface area contributed by atoms with Crippen LogP contribution in [0.1, 0.15) is 60.0 Å². The van der Waals surface area contributed by atoms with Crippen molar-refractivity contribution >= 4 is 45.8 Å². The molecule has 2 aliphatic rings. The Labute approximate surface area is 257 Å². The van der Waals surface area contributed by atoms with Crippen LogP contribution in [-0.4, -0.2) is 41.2 Å². The molecule has 1 heterocycles. The maximum Gasteiger partial charge on any atom is 0.258 e. The summed E-state index contributed by atoms with van der Waals surface area (Å²) in [5, 5.41) is 5.80. The Morgan fingerprint density at radius 3 is 2.40 bits per heavy atom. The van der Waals surface area contributed by atoms with E-state index >= 15 is 0 Å². The molecule has 0 unspecified atom stereocenters. The van der Waals surface area contributed by atoms with E-state index in [0.717, 1.165) is 53.3 Å². The van der Waals surface area contributed by atoms with Gasteiger partial charge >= 0.3 is 0 Å². The van der Waals surface area contributed by atoms with Crippen LogP contribution in [0.25, 0.3) is 10.8 Å². The van der Waals surface area contributed by atoms with E-state index in [2.05, 4.69) is 5.32 Å². The number of hydrogen-bond acceptors (Lipinski definition) is 3. The lowest BCUT2D eigenvalue weighted by molar-refractivity contribution is -0.141. The molecule has 0 aromatic heterocycles. The molecule has 43 heavy (non-hydrogen) atoms. The van der Waals surface area contributed by atoms with Crippen molar-refractivity contribution < 1.29 is 14.4 Å². The van der Waals surface area contributed by atoms with Gasteiger partial charge in [-0.05, 0) is 54.0 Å². The van der Waals surface area contributed by atoms with Crippen LogP contribution in [0.15, 0.2) is 91.0 Å². The van der Waals surface area contributed by atoms with Gasteiger partial charge in [-0.3, -0.25) is 14.4 Å². The third-order valence-corrected chi connectivity index (χ3v) is 9.06. The minimum absolute atomic E-state index is 0.0370. The lowest BCUT2D eigenvalue weighted by Gasteiger charge is -2.33. The van der Waals surface area contributed by atoms with E-state index in [1.807, 2.05) is 91.0 Å². The first-order chi connectivity index (χ1) is 21.0. The van der Waals surface area contributed by atoms with Gasteiger partial charge in [0.1, 0.15) is 6.04 Å². The molecule has 1 aliphatic carbocycles. The van der Waals surface area contributed by atoms with Crippen molar-refractivity contribution in [2.45, 2.75) is 63.6 Å². The fourth-order valence-corrected chi connectivity index (χ4v) is 6.66. The molecule has 7 heteroatoms. The predicted octanol–water partition coefficient (Wildman–Crippen LogP) is 6.93. The smallest absolute Gasteiger partial charge is 0.258 e. The van der Waals surface area contributed by atoms with Gasteiger partial charge in [0.15, 0.2) is 0 Å². The molecule has 6 nitrogen and oxygen atoms in total. The van der Waals surface area contributed by atoms with Crippen LogP contribution >= 0.6 is 11.6 Å². The van der Waals surface area contributed by atoms with Gasteiger partial charge in [0.2, 0.25) is 11.8 Å². The summed E-state index contributed by atoms with van der Waals surface area (Å²) in [5.74, 6) is -0.303. The SMILES string of the molecule is O=C(NC1CCCC1)[C@@H](Cc1ccccc1)N(Cc1ccccc1Cl)C(=O)CCCN1C(=O)c2cccc3cccc1c23. The Kier molecular flexibility index (Phi) is 8.75. The fraction of sp³-hybridized carbons (Fsp3) is 0.306. The third-order valence-electron chi connectivity index (χ3n) is 8.69. The Balaban J connectivity index is 1.24. The molecule has 3 amide bonds. The summed E-state index contributed by atoms with van der Waals surface area (Å²) < 4.78 is 0. The highest BCUT2D eigenvalue weighted by Crippen LogP contribution is 2.37. The van der Waals surface area contributed by atoms with Crippen LogP contribution in [0.2, 0.25) is 5.02 Å². The van der Waals surface area contributed by atoms with Gasteiger partial charge in [0.05, 0.1) is 5.69 Å². The average molecular weight is 594 g/mol. The fourth-order valence-electron chi connectivity index (χ4n) is 6.46. The monoisotopic (exact) mass is 593 g/mol. The molecule has 1 atom stereocenters. The van der Waals surface area contributed by atoms with E-state index in [1.165, 1.54) is 0 Å². The molecule has 1 aliphatic heterocycles. The number of hydrogen-bond donors (Lipinski definition) is 1. The van der Waals surface area contributed by atoms with Gasteiger partial charge in [-0.15, -0.1) is 0 Å². The molecule has 0 radical (unpaired) electrons. The summed E-state index contributed by atoms with van der Waals surface area (Å²) in [6.07, 6.45) is 5.19. The number of nitrogens with zero attached hydrogens (tertiary/aromatic N) is 2. The minimum atomic E-state index is -0.696. The molecule has 1 N–H and O–H groups in total. The number of anilines is 1. The minimum Gasteiger partial charge on any atom is -0.352 e. The predicted molar refractivity (Wildman–Crippen MR) is 171 cm³/mol. The van der Waals surface area contributed by atoms with Gasteiger partial charge in [0.25, 0.3) is 5.91 Å².